The van der Waals surface area contributed by atoms with E-state index in [0.29, 0.717) is 6.04 Å². The van der Waals surface area contributed by atoms with Gasteiger partial charge in [-0.1, -0.05) is 24.3 Å². The summed E-state index contributed by atoms with van der Waals surface area (Å²) < 4.78 is 1.99. The molecule has 1 aromatic heterocycles. The predicted molar refractivity (Wildman–Crippen MR) is 122 cm³/mol. The minimum absolute atomic E-state index is 0. The van der Waals surface area contributed by atoms with E-state index in [2.05, 4.69) is 69.0 Å². The van der Waals surface area contributed by atoms with E-state index in [1.165, 1.54) is 11.1 Å². The molecule has 0 amide bonds. The lowest BCUT2D eigenvalue weighted by atomic mass is 9.94. The summed E-state index contributed by atoms with van der Waals surface area (Å²) in [5, 5.41) is 11.5. The second-order valence-corrected chi connectivity index (χ2v) is 7.91. The highest BCUT2D eigenvalue weighted by atomic mass is 127. The van der Waals surface area contributed by atoms with Crippen molar-refractivity contribution < 1.29 is 0 Å². The molecule has 0 bridgehead atoms. The monoisotopic (exact) mass is 495 g/mol. The smallest absolute Gasteiger partial charge is 0.191 e. The highest BCUT2D eigenvalue weighted by Crippen LogP contribution is 2.33. The van der Waals surface area contributed by atoms with Crippen molar-refractivity contribution in [1.82, 2.24) is 30.3 Å². The van der Waals surface area contributed by atoms with Crippen molar-refractivity contribution in [2.45, 2.75) is 43.8 Å². The first-order valence-electron chi connectivity index (χ1n) is 9.68. The summed E-state index contributed by atoms with van der Waals surface area (Å²) in [5.41, 5.74) is 3.00. The molecule has 8 heteroatoms. The molecule has 4 rings (SSSR count). The SMILES string of the molecule is CN=C(NCC1(N(C)C)Cc2ccccc2C1)NC1CCc2ncnn2C1.I. The number of guanidine groups is 1. The van der Waals surface area contributed by atoms with Crippen LogP contribution in [-0.2, 0) is 25.8 Å². The molecule has 1 unspecified atom stereocenters. The molecule has 0 saturated carbocycles. The fraction of sp³-hybridized carbons (Fsp3) is 0.550. The van der Waals surface area contributed by atoms with Crippen LogP contribution in [0.5, 0.6) is 0 Å². The van der Waals surface area contributed by atoms with Gasteiger partial charge in [-0.25, -0.2) is 9.67 Å². The van der Waals surface area contributed by atoms with Gasteiger partial charge in [-0.3, -0.25) is 4.99 Å². The fourth-order valence-corrected chi connectivity index (χ4v) is 4.26. The minimum Gasteiger partial charge on any atom is -0.355 e. The summed E-state index contributed by atoms with van der Waals surface area (Å²) in [7, 11) is 6.19. The zero-order valence-corrected chi connectivity index (χ0v) is 19.2. The van der Waals surface area contributed by atoms with Crippen molar-refractivity contribution in [2.75, 3.05) is 27.7 Å². The first-order valence-corrected chi connectivity index (χ1v) is 9.68. The molecule has 152 valence electrons. The lowest BCUT2D eigenvalue weighted by Gasteiger charge is -2.37. The Hall–Kier alpha value is -1.68. The number of aryl methyl sites for hydroxylation is 1. The number of nitrogens with one attached hydrogen (secondary N) is 2. The zero-order chi connectivity index (χ0) is 18.9. The van der Waals surface area contributed by atoms with Crippen LogP contribution >= 0.6 is 24.0 Å². The summed E-state index contributed by atoms with van der Waals surface area (Å²) in [6.07, 6.45) is 5.76. The van der Waals surface area contributed by atoms with E-state index in [1.54, 1.807) is 6.33 Å². The van der Waals surface area contributed by atoms with Gasteiger partial charge in [-0.2, -0.15) is 5.10 Å². The van der Waals surface area contributed by atoms with Crippen LogP contribution in [0.15, 0.2) is 35.6 Å². The first-order chi connectivity index (χ1) is 13.1. The molecule has 1 aliphatic heterocycles. The van der Waals surface area contributed by atoms with Gasteiger partial charge in [-0.05, 0) is 44.5 Å². The van der Waals surface area contributed by atoms with Crippen molar-refractivity contribution in [1.29, 1.82) is 0 Å². The van der Waals surface area contributed by atoms with Crippen molar-refractivity contribution >= 4 is 29.9 Å². The maximum atomic E-state index is 4.46. The number of hydrogen-bond acceptors (Lipinski definition) is 4. The van der Waals surface area contributed by atoms with Crippen molar-refractivity contribution in [3.8, 4) is 0 Å². The van der Waals surface area contributed by atoms with Gasteiger partial charge in [0.25, 0.3) is 0 Å². The lowest BCUT2D eigenvalue weighted by Crippen LogP contribution is -2.56. The number of benzene rings is 1. The molecule has 0 fully saturated rings. The van der Waals surface area contributed by atoms with Crippen LogP contribution in [0.4, 0.5) is 0 Å². The molecular formula is C20H30IN7. The number of halogens is 1. The van der Waals surface area contributed by atoms with Gasteiger partial charge >= 0.3 is 0 Å². The van der Waals surface area contributed by atoms with Crippen molar-refractivity contribution in [2.24, 2.45) is 4.99 Å². The van der Waals surface area contributed by atoms with Gasteiger partial charge < -0.3 is 15.5 Å². The molecule has 2 N–H and O–H groups in total. The number of hydrogen-bond donors (Lipinski definition) is 2. The fourth-order valence-electron chi connectivity index (χ4n) is 4.26. The summed E-state index contributed by atoms with van der Waals surface area (Å²) in [5.74, 6) is 1.94. The van der Waals surface area contributed by atoms with Crippen LogP contribution in [0.1, 0.15) is 23.4 Å². The van der Waals surface area contributed by atoms with E-state index in [-0.39, 0.29) is 29.5 Å². The van der Waals surface area contributed by atoms with Crippen LogP contribution in [-0.4, -0.2) is 64.9 Å². The Morgan fingerprint density at radius 1 is 1.29 bits per heavy atom. The minimum atomic E-state index is 0. The Labute approximate surface area is 184 Å². The third-order valence-electron chi connectivity index (χ3n) is 6.06. The normalized spacial score (nSPS) is 20.3. The number of rotatable bonds is 4. The molecule has 0 radical (unpaired) electrons. The summed E-state index contributed by atoms with van der Waals surface area (Å²) >= 11 is 0. The average molecular weight is 495 g/mol. The average Bonchev–Trinajstić information content (AvgIpc) is 3.29. The molecule has 7 nitrogen and oxygen atoms in total. The Kier molecular flexibility index (Phi) is 6.59. The molecule has 1 atom stereocenters. The second kappa shape index (κ2) is 8.77. The molecular weight excluding hydrogens is 465 g/mol. The van der Waals surface area contributed by atoms with Gasteiger partial charge in [0.1, 0.15) is 12.2 Å². The van der Waals surface area contributed by atoms with Crippen molar-refractivity contribution in [3.05, 3.63) is 47.5 Å². The number of fused-ring (bicyclic) bond motifs is 2. The Morgan fingerprint density at radius 3 is 2.64 bits per heavy atom. The van der Waals surface area contributed by atoms with Gasteiger partial charge in [0.15, 0.2) is 5.96 Å². The van der Waals surface area contributed by atoms with E-state index in [1.807, 2.05) is 11.7 Å². The maximum absolute atomic E-state index is 4.46. The quantitative estimate of drug-likeness (QED) is 0.382. The number of aromatic nitrogens is 3. The topological polar surface area (TPSA) is 70.4 Å². The molecule has 1 aromatic carbocycles. The Morgan fingerprint density at radius 2 is 2.00 bits per heavy atom. The van der Waals surface area contributed by atoms with Crippen LogP contribution < -0.4 is 10.6 Å². The van der Waals surface area contributed by atoms with Crippen LogP contribution in [0.3, 0.4) is 0 Å². The molecule has 2 aromatic rings. The summed E-state index contributed by atoms with van der Waals surface area (Å²) in [4.78, 5) is 11.1. The third-order valence-corrected chi connectivity index (χ3v) is 6.06. The molecule has 0 spiro atoms. The molecule has 0 saturated heterocycles. The van der Waals surface area contributed by atoms with Gasteiger partial charge in [0.05, 0.1) is 6.54 Å². The third kappa shape index (κ3) is 4.17. The van der Waals surface area contributed by atoms with E-state index in [4.69, 9.17) is 0 Å². The highest BCUT2D eigenvalue weighted by Gasteiger charge is 2.39. The van der Waals surface area contributed by atoms with E-state index >= 15 is 0 Å². The number of nitrogens with zero attached hydrogens (tertiary/aromatic N) is 5. The van der Waals surface area contributed by atoms with Crippen LogP contribution in [0.25, 0.3) is 0 Å². The summed E-state index contributed by atoms with van der Waals surface area (Å²) in [6.45, 7) is 1.69. The molecule has 2 aliphatic rings. The van der Waals surface area contributed by atoms with E-state index < -0.39 is 0 Å². The molecule has 28 heavy (non-hydrogen) atoms. The Balaban J connectivity index is 0.00000225. The number of likely N-dealkylation sites (N-methyl/N-ethyl adjacent to an activating group) is 1. The predicted octanol–water partition coefficient (Wildman–Crippen LogP) is 1.48. The molecule has 2 heterocycles. The van der Waals surface area contributed by atoms with Crippen molar-refractivity contribution in [3.63, 3.8) is 0 Å². The highest BCUT2D eigenvalue weighted by molar-refractivity contribution is 14.0. The summed E-state index contributed by atoms with van der Waals surface area (Å²) in [6, 6.07) is 9.11. The first kappa shape index (κ1) is 21.0. The van der Waals surface area contributed by atoms with Gasteiger partial charge in [0, 0.05) is 31.6 Å². The molecule has 1 aliphatic carbocycles. The van der Waals surface area contributed by atoms with E-state index in [0.717, 1.165) is 50.6 Å². The van der Waals surface area contributed by atoms with Gasteiger partial charge in [-0.15, -0.1) is 24.0 Å². The Bertz CT molecular complexity index is 804. The standard InChI is InChI=1S/C20H29N7.HI/c1-21-19(25-17-8-9-18-23-14-24-27(18)12-17)22-13-20(26(2)3)10-15-6-4-5-7-16(15)11-20;/h4-7,14,17H,8-13H2,1-3H3,(H2,21,22,25);1H. The lowest BCUT2D eigenvalue weighted by molar-refractivity contribution is 0.164. The van der Waals surface area contributed by atoms with E-state index in [9.17, 15) is 0 Å². The largest absolute Gasteiger partial charge is 0.355 e. The number of aliphatic imine (C=N–C) groups is 1. The maximum Gasteiger partial charge on any atom is 0.191 e. The second-order valence-electron chi connectivity index (χ2n) is 7.91. The van der Waals surface area contributed by atoms with Gasteiger partial charge in [0.2, 0.25) is 0 Å². The van der Waals surface area contributed by atoms with Crippen LogP contribution in [0, 0.1) is 0 Å². The zero-order valence-electron chi connectivity index (χ0n) is 16.9. The van der Waals surface area contributed by atoms with Crippen LogP contribution in [0.2, 0.25) is 0 Å².